The number of nitrogen functional groups attached to an aromatic ring is 1. The number of benzene rings is 1. The van der Waals surface area contributed by atoms with Gasteiger partial charge in [-0.1, -0.05) is 6.07 Å². The number of rotatable bonds is 5. The van der Waals surface area contributed by atoms with Gasteiger partial charge >= 0.3 is 0 Å². The van der Waals surface area contributed by atoms with E-state index in [0.717, 1.165) is 34.9 Å². The number of fused-ring (bicyclic) bond motifs is 1. The van der Waals surface area contributed by atoms with Crippen molar-refractivity contribution >= 4 is 28.3 Å². The van der Waals surface area contributed by atoms with E-state index in [4.69, 9.17) is 21.2 Å². The number of ether oxygens (including phenoxy) is 1. The van der Waals surface area contributed by atoms with Crippen molar-refractivity contribution in [3.63, 3.8) is 0 Å². The molecule has 3 aromatic heterocycles. The first-order valence-corrected chi connectivity index (χ1v) is 11.2. The van der Waals surface area contributed by atoms with Gasteiger partial charge in [0.25, 0.3) is 5.91 Å². The minimum atomic E-state index is -0.726. The van der Waals surface area contributed by atoms with Crippen molar-refractivity contribution in [2.24, 2.45) is 5.73 Å². The second-order valence-corrected chi connectivity index (χ2v) is 8.56. The van der Waals surface area contributed by atoms with Crippen LogP contribution < -0.4 is 16.8 Å². The summed E-state index contributed by atoms with van der Waals surface area (Å²) in [7, 11) is 0. The highest BCUT2D eigenvalue weighted by molar-refractivity contribution is 6.04. The van der Waals surface area contributed by atoms with Crippen LogP contribution in [0.4, 0.5) is 11.5 Å². The number of pyridine rings is 1. The van der Waals surface area contributed by atoms with E-state index in [0.29, 0.717) is 29.5 Å². The number of nitrogens with one attached hydrogen (secondary N) is 2. The minimum Gasteiger partial charge on any atom is -0.395 e. The number of aromatic amines is 1. The van der Waals surface area contributed by atoms with E-state index in [2.05, 4.69) is 32.4 Å². The molecule has 1 saturated heterocycles. The Bertz CT molecular complexity index is 1380. The van der Waals surface area contributed by atoms with Gasteiger partial charge in [-0.05, 0) is 50.5 Å². The number of anilines is 2. The molecule has 1 aliphatic rings. The minimum absolute atomic E-state index is 0.0330. The van der Waals surface area contributed by atoms with E-state index < -0.39 is 5.91 Å². The molecule has 10 nitrogen and oxygen atoms in total. The van der Waals surface area contributed by atoms with Gasteiger partial charge in [-0.3, -0.25) is 9.89 Å². The van der Waals surface area contributed by atoms with Crippen molar-refractivity contribution in [3.05, 3.63) is 47.9 Å². The van der Waals surface area contributed by atoms with Crippen LogP contribution in [-0.2, 0) is 4.74 Å². The lowest BCUT2D eigenvalue weighted by Crippen LogP contribution is -2.33. The normalized spacial score (nSPS) is 18.2. The third-order valence-electron chi connectivity index (χ3n) is 6.12. The van der Waals surface area contributed by atoms with Crippen molar-refractivity contribution in [2.45, 2.75) is 38.8 Å². The fourth-order valence-electron chi connectivity index (χ4n) is 4.43. The molecule has 0 saturated carbocycles. The van der Waals surface area contributed by atoms with Gasteiger partial charge in [-0.25, -0.2) is 15.0 Å². The first-order valence-electron chi connectivity index (χ1n) is 11.2. The molecule has 1 aromatic carbocycles. The van der Waals surface area contributed by atoms with E-state index in [1.807, 2.05) is 25.1 Å². The Morgan fingerprint density at radius 2 is 2.12 bits per heavy atom. The van der Waals surface area contributed by atoms with Gasteiger partial charge in [0.2, 0.25) is 0 Å². The Morgan fingerprint density at radius 1 is 1.26 bits per heavy atom. The summed E-state index contributed by atoms with van der Waals surface area (Å²) in [6, 6.07) is 7.75. The van der Waals surface area contributed by atoms with Gasteiger partial charge in [0.1, 0.15) is 5.82 Å². The molecule has 0 radical (unpaired) electrons. The molecule has 0 unspecified atom stereocenters. The van der Waals surface area contributed by atoms with Crippen molar-refractivity contribution in [2.75, 3.05) is 17.7 Å². The molecule has 0 bridgehead atoms. The molecule has 5 rings (SSSR count). The number of hydrogen-bond acceptors (Lipinski definition) is 8. The fourth-order valence-corrected chi connectivity index (χ4v) is 4.43. The van der Waals surface area contributed by atoms with Gasteiger partial charge in [0.15, 0.2) is 11.5 Å². The Hall–Kier alpha value is -4.05. The van der Waals surface area contributed by atoms with Gasteiger partial charge in [-0.2, -0.15) is 5.10 Å². The maximum atomic E-state index is 12.3. The Morgan fingerprint density at radius 3 is 2.91 bits per heavy atom. The monoisotopic (exact) mass is 458 g/mol. The molecule has 4 aromatic rings. The highest BCUT2D eigenvalue weighted by Gasteiger charge is 2.24. The van der Waals surface area contributed by atoms with Gasteiger partial charge < -0.3 is 21.5 Å². The molecule has 1 fully saturated rings. The number of nitrogens with zero attached hydrogens (tertiary/aromatic N) is 4. The lowest BCUT2D eigenvalue weighted by Gasteiger charge is -2.28. The van der Waals surface area contributed by atoms with Crippen molar-refractivity contribution in [1.29, 1.82) is 0 Å². The third kappa shape index (κ3) is 3.92. The van der Waals surface area contributed by atoms with Gasteiger partial charge in [-0.15, -0.1) is 0 Å². The zero-order valence-corrected chi connectivity index (χ0v) is 19.0. The first-order chi connectivity index (χ1) is 16.4. The summed E-state index contributed by atoms with van der Waals surface area (Å²) in [5.41, 5.74) is 15.8. The van der Waals surface area contributed by atoms with Crippen LogP contribution >= 0.6 is 0 Å². The maximum absolute atomic E-state index is 12.3. The molecule has 10 heteroatoms. The Balaban J connectivity index is 1.67. The summed E-state index contributed by atoms with van der Waals surface area (Å²) in [5.74, 6) is 0.218. The third-order valence-corrected chi connectivity index (χ3v) is 6.12. The average molecular weight is 459 g/mol. The molecule has 6 N–H and O–H groups in total. The Kier molecular flexibility index (Phi) is 5.58. The Labute approximate surface area is 196 Å². The van der Waals surface area contributed by atoms with Crippen LogP contribution in [0.1, 0.15) is 35.8 Å². The summed E-state index contributed by atoms with van der Waals surface area (Å²) in [4.78, 5) is 26.1. The summed E-state index contributed by atoms with van der Waals surface area (Å²) >= 11 is 0. The maximum Gasteiger partial charge on any atom is 0.269 e. The van der Waals surface area contributed by atoms with E-state index in [9.17, 15) is 4.79 Å². The van der Waals surface area contributed by atoms with Crippen LogP contribution in [0.3, 0.4) is 0 Å². The van der Waals surface area contributed by atoms with Crippen LogP contribution in [0.2, 0.25) is 0 Å². The average Bonchev–Trinajstić information content (AvgIpc) is 3.29. The molecule has 1 amide bonds. The number of hydrogen-bond donors (Lipinski definition) is 4. The summed E-state index contributed by atoms with van der Waals surface area (Å²) < 4.78 is 5.66. The summed E-state index contributed by atoms with van der Waals surface area (Å²) in [6.07, 6.45) is 5.31. The summed E-state index contributed by atoms with van der Waals surface area (Å²) in [5, 5.41) is 11.5. The molecule has 2 atom stereocenters. The van der Waals surface area contributed by atoms with Crippen LogP contribution in [0.5, 0.6) is 0 Å². The number of amides is 1. The highest BCUT2D eigenvalue weighted by Crippen LogP contribution is 2.36. The smallest absolute Gasteiger partial charge is 0.269 e. The van der Waals surface area contributed by atoms with E-state index in [1.165, 1.54) is 0 Å². The van der Waals surface area contributed by atoms with E-state index in [-0.39, 0.29) is 23.5 Å². The van der Waals surface area contributed by atoms with Gasteiger partial charge in [0.05, 0.1) is 34.8 Å². The van der Waals surface area contributed by atoms with Gasteiger partial charge in [0, 0.05) is 29.8 Å². The second kappa shape index (κ2) is 8.71. The lowest BCUT2D eigenvalue weighted by atomic mass is 9.99. The molecule has 4 heterocycles. The van der Waals surface area contributed by atoms with E-state index >= 15 is 0 Å². The number of primary amides is 1. The lowest BCUT2D eigenvalue weighted by molar-refractivity contribution is 0.0232. The van der Waals surface area contributed by atoms with Crippen LogP contribution in [-0.4, -0.2) is 49.8 Å². The van der Waals surface area contributed by atoms with Crippen LogP contribution in [0, 0.1) is 6.92 Å². The number of carbonyl (C=O) groups excluding carboxylic acids is 1. The largest absolute Gasteiger partial charge is 0.395 e. The molecule has 174 valence electrons. The predicted molar refractivity (Wildman–Crippen MR) is 130 cm³/mol. The first kappa shape index (κ1) is 21.8. The number of H-pyrrole nitrogens is 1. The molecular formula is C24H26N8O2. The van der Waals surface area contributed by atoms with E-state index in [1.54, 1.807) is 18.5 Å². The molecule has 0 aliphatic carbocycles. The number of aryl methyl sites for hydroxylation is 1. The molecule has 34 heavy (non-hydrogen) atoms. The second-order valence-electron chi connectivity index (χ2n) is 8.56. The number of aromatic nitrogens is 5. The zero-order valence-electron chi connectivity index (χ0n) is 19.0. The SMILES string of the molecule is Cc1ccc2[nH]ncc2c1-c1nc(-c2cccnc2N[C@@H]2CCO[C@@H](C)C2)nc(C(N)=O)c1N. The summed E-state index contributed by atoms with van der Waals surface area (Å²) in [6.45, 7) is 4.69. The quantitative estimate of drug-likeness (QED) is 0.355. The van der Waals surface area contributed by atoms with Crippen molar-refractivity contribution in [1.82, 2.24) is 25.1 Å². The molecular weight excluding hydrogens is 432 g/mol. The number of nitrogens with two attached hydrogens (primary N) is 2. The van der Waals surface area contributed by atoms with Crippen LogP contribution in [0.25, 0.3) is 33.5 Å². The zero-order chi connectivity index (χ0) is 23.8. The topological polar surface area (TPSA) is 158 Å². The predicted octanol–water partition coefficient (Wildman–Crippen LogP) is 3.05. The number of carbonyl (C=O) groups is 1. The standard InChI is InChI=1S/C24H26N8O2/c1-12-5-6-17-16(11-28-32-17)18(12)20-19(25)21(22(26)33)31-24(30-20)15-4-3-8-27-23(15)29-14-7-9-34-13(2)10-14/h3-6,8,11,13-14H,7,9-10,25H2,1-2H3,(H2,26,33)(H,27,29)(H,28,32)/t13-,14+/m0/s1. The fraction of sp³-hybridized carbons (Fsp3) is 0.292. The van der Waals surface area contributed by atoms with Crippen molar-refractivity contribution in [3.8, 4) is 22.6 Å². The molecule has 0 spiro atoms. The molecule has 1 aliphatic heterocycles. The van der Waals surface area contributed by atoms with Crippen molar-refractivity contribution < 1.29 is 9.53 Å². The highest BCUT2D eigenvalue weighted by atomic mass is 16.5. The van der Waals surface area contributed by atoms with Crippen LogP contribution in [0.15, 0.2) is 36.7 Å².